The minimum absolute atomic E-state index is 0.100. The van der Waals surface area contributed by atoms with Gasteiger partial charge >= 0.3 is 0 Å². The molecule has 1 aliphatic carbocycles. The van der Waals surface area contributed by atoms with Crippen LogP contribution < -0.4 is 5.73 Å². The van der Waals surface area contributed by atoms with Crippen LogP contribution in [0.5, 0.6) is 0 Å². The number of aryl methyl sites for hydroxylation is 2. The molecule has 0 spiro atoms. The number of imide groups is 1. The molecule has 1 saturated heterocycles. The van der Waals surface area contributed by atoms with Crippen LogP contribution in [0.15, 0.2) is 18.2 Å². The Morgan fingerprint density at radius 1 is 1.26 bits per heavy atom. The van der Waals surface area contributed by atoms with Crippen LogP contribution in [-0.4, -0.2) is 29.3 Å². The number of amides is 2. The maximum Gasteiger partial charge on any atom is 0.260 e. The third-order valence-corrected chi connectivity index (χ3v) is 4.05. The smallest absolute Gasteiger partial charge is 0.260 e. The summed E-state index contributed by atoms with van der Waals surface area (Å²) in [6.45, 7) is 0.440. The van der Waals surface area contributed by atoms with Crippen molar-refractivity contribution in [3.05, 3.63) is 34.9 Å². The first-order valence-corrected chi connectivity index (χ1v) is 6.87. The summed E-state index contributed by atoms with van der Waals surface area (Å²) in [5.41, 5.74) is 8.96. The third kappa shape index (κ3) is 2.28. The maximum absolute atomic E-state index is 12.4. The van der Waals surface area contributed by atoms with Crippen molar-refractivity contribution in [1.82, 2.24) is 4.90 Å². The van der Waals surface area contributed by atoms with Gasteiger partial charge in [-0.1, -0.05) is 6.07 Å². The number of likely N-dealkylation sites (tertiary alicyclic amines) is 1. The molecule has 1 aromatic rings. The molecule has 0 saturated carbocycles. The SMILES string of the molecule is NC1CCN(C(=O)c2ccc3c(c2)CCC3)C(=O)C1. The van der Waals surface area contributed by atoms with Crippen LogP contribution in [0.1, 0.15) is 40.7 Å². The van der Waals surface area contributed by atoms with E-state index in [1.54, 1.807) is 0 Å². The monoisotopic (exact) mass is 258 g/mol. The Labute approximate surface area is 112 Å². The van der Waals surface area contributed by atoms with E-state index in [0.717, 1.165) is 19.3 Å². The van der Waals surface area contributed by atoms with Crippen molar-refractivity contribution >= 4 is 11.8 Å². The first-order chi connectivity index (χ1) is 9.15. The predicted octanol–water partition coefficient (Wildman–Crippen LogP) is 1.27. The zero-order valence-corrected chi connectivity index (χ0v) is 10.9. The summed E-state index contributed by atoms with van der Waals surface area (Å²) < 4.78 is 0. The van der Waals surface area contributed by atoms with Gasteiger partial charge in [0.1, 0.15) is 0 Å². The zero-order valence-electron chi connectivity index (χ0n) is 10.9. The van der Waals surface area contributed by atoms with Gasteiger partial charge in [-0.05, 0) is 48.9 Å². The van der Waals surface area contributed by atoms with E-state index in [-0.39, 0.29) is 24.3 Å². The third-order valence-electron chi connectivity index (χ3n) is 4.05. The van der Waals surface area contributed by atoms with Crippen molar-refractivity contribution in [3.63, 3.8) is 0 Å². The number of nitrogens with zero attached hydrogens (tertiary/aromatic N) is 1. The normalized spacial score (nSPS) is 22.5. The number of carbonyl (C=O) groups is 2. The summed E-state index contributed by atoms with van der Waals surface area (Å²) in [7, 11) is 0. The summed E-state index contributed by atoms with van der Waals surface area (Å²) in [6, 6.07) is 5.72. The lowest BCUT2D eigenvalue weighted by Crippen LogP contribution is -2.46. The number of benzene rings is 1. The number of fused-ring (bicyclic) bond motifs is 1. The van der Waals surface area contributed by atoms with Gasteiger partial charge in [0.25, 0.3) is 5.91 Å². The lowest BCUT2D eigenvalue weighted by molar-refractivity contribution is -0.130. The van der Waals surface area contributed by atoms with Crippen molar-refractivity contribution in [2.75, 3.05) is 6.54 Å². The van der Waals surface area contributed by atoms with E-state index in [1.165, 1.54) is 16.0 Å². The molecule has 1 aromatic carbocycles. The van der Waals surface area contributed by atoms with E-state index in [9.17, 15) is 9.59 Å². The molecule has 0 bridgehead atoms. The van der Waals surface area contributed by atoms with Crippen LogP contribution >= 0.6 is 0 Å². The Morgan fingerprint density at radius 3 is 2.84 bits per heavy atom. The molecule has 1 heterocycles. The predicted molar refractivity (Wildman–Crippen MR) is 71.7 cm³/mol. The summed E-state index contributed by atoms with van der Waals surface area (Å²) >= 11 is 0. The fourth-order valence-corrected chi connectivity index (χ4v) is 2.93. The number of piperidine rings is 1. The number of nitrogens with two attached hydrogens (primary N) is 1. The number of hydrogen-bond acceptors (Lipinski definition) is 3. The van der Waals surface area contributed by atoms with Gasteiger partial charge in [-0.3, -0.25) is 14.5 Å². The number of hydrogen-bond donors (Lipinski definition) is 1. The van der Waals surface area contributed by atoms with Crippen LogP contribution in [0.3, 0.4) is 0 Å². The van der Waals surface area contributed by atoms with E-state index >= 15 is 0 Å². The zero-order chi connectivity index (χ0) is 13.4. The lowest BCUT2D eigenvalue weighted by Gasteiger charge is -2.28. The van der Waals surface area contributed by atoms with E-state index < -0.39 is 0 Å². The van der Waals surface area contributed by atoms with Crippen LogP contribution in [-0.2, 0) is 17.6 Å². The van der Waals surface area contributed by atoms with Gasteiger partial charge < -0.3 is 5.73 Å². The summed E-state index contributed by atoms with van der Waals surface area (Å²) in [6.07, 6.45) is 4.26. The van der Waals surface area contributed by atoms with Gasteiger partial charge in [0.15, 0.2) is 0 Å². The van der Waals surface area contributed by atoms with E-state index in [2.05, 4.69) is 0 Å². The molecular formula is C15H18N2O2. The summed E-state index contributed by atoms with van der Waals surface area (Å²) in [4.78, 5) is 25.6. The van der Waals surface area contributed by atoms with Crippen molar-refractivity contribution in [3.8, 4) is 0 Å². The highest BCUT2D eigenvalue weighted by molar-refractivity contribution is 6.05. The van der Waals surface area contributed by atoms with E-state index in [4.69, 9.17) is 5.73 Å². The van der Waals surface area contributed by atoms with Crippen LogP contribution in [0.2, 0.25) is 0 Å². The molecule has 0 radical (unpaired) electrons. The second-order valence-electron chi connectivity index (χ2n) is 5.44. The van der Waals surface area contributed by atoms with Gasteiger partial charge in [0.05, 0.1) is 0 Å². The second kappa shape index (κ2) is 4.78. The highest BCUT2D eigenvalue weighted by Crippen LogP contribution is 2.24. The van der Waals surface area contributed by atoms with Crippen molar-refractivity contribution < 1.29 is 9.59 Å². The Balaban J connectivity index is 1.82. The molecule has 2 amide bonds. The minimum Gasteiger partial charge on any atom is -0.327 e. The molecule has 1 fully saturated rings. The van der Waals surface area contributed by atoms with Gasteiger partial charge in [0.2, 0.25) is 5.91 Å². The average Bonchev–Trinajstić information content (AvgIpc) is 2.85. The van der Waals surface area contributed by atoms with Crippen LogP contribution in [0.4, 0.5) is 0 Å². The fourth-order valence-electron chi connectivity index (χ4n) is 2.93. The molecule has 4 nitrogen and oxygen atoms in total. The molecule has 1 aliphatic heterocycles. The highest BCUT2D eigenvalue weighted by atomic mass is 16.2. The molecular weight excluding hydrogens is 240 g/mol. The first kappa shape index (κ1) is 12.4. The molecule has 4 heteroatoms. The van der Waals surface area contributed by atoms with Crippen molar-refractivity contribution in [2.45, 2.75) is 38.1 Å². The standard InChI is InChI=1S/C15H18N2O2/c16-13-6-7-17(14(18)9-13)15(19)12-5-4-10-2-1-3-11(10)8-12/h4-5,8,13H,1-3,6-7,9,16H2. The fraction of sp³-hybridized carbons (Fsp3) is 0.467. The molecule has 1 atom stereocenters. The molecule has 19 heavy (non-hydrogen) atoms. The van der Waals surface area contributed by atoms with Crippen molar-refractivity contribution in [1.29, 1.82) is 0 Å². The minimum atomic E-state index is -0.174. The topological polar surface area (TPSA) is 63.4 Å². The molecule has 1 unspecified atom stereocenters. The number of rotatable bonds is 1. The van der Waals surface area contributed by atoms with Crippen molar-refractivity contribution in [2.24, 2.45) is 5.73 Å². The maximum atomic E-state index is 12.4. The molecule has 2 aliphatic rings. The Kier molecular flexibility index (Phi) is 3.11. The summed E-state index contributed by atoms with van der Waals surface area (Å²) in [5, 5.41) is 0. The van der Waals surface area contributed by atoms with Crippen LogP contribution in [0.25, 0.3) is 0 Å². The Bertz CT molecular complexity index is 539. The van der Waals surface area contributed by atoms with E-state index in [0.29, 0.717) is 18.5 Å². The second-order valence-corrected chi connectivity index (χ2v) is 5.44. The molecule has 100 valence electrons. The van der Waals surface area contributed by atoms with Gasteiger partial charge in [-0.15, -0.1) is 0 Å². The quantitative estimate of drug-likeness (QED) is 0.771. The van der Waals surface area contributed by atoms with Gasteiger partial charge in [0, 0.05) is 24.6 Å². The average molecular weight is 258 g/mol. The summed E-state index contributed by atoms with van der Waals surface area (Å²) in [5.74, 6) is -0.323. The number of carbonyl (C=O) groups excluding carboxylic acids is 2. The first-order valence-electron chi connectivity index (χ1n) is 6.87. The molecule has 0 aromatic heterocycles. The lowest BCUT2D eigenvalue weighted by atomic mass is 10.0. The molecule has 2 N–H and O–H groups in total. The highest BCUT2D eigenvalue weighted by Gasteiger charge is 2.29. The van der Waals surface area contributed by atoms with Gasteiger partial charge in [-0.25, -0.2) is 0 Å². The Hall–Kier alpha value is -1.68. The molecule has 3 rings (SSSR count). The Morgan fingerprint density at radius 2 is 2.05 bits per heavy atom. The van der Waals surface area contributed by atoms with E-state index in [1.807, 2.05) is 18.2 Å². The van der Waals surface area contributed by atoms with Gasteiger partial charge in [-0.2, -0.15) is 0 Å². The largest absolute Gasteiger partial charge is 0.327 e. The van der Waals surface area contributed by atoms with Crippen LogP contribution in [0, 0.1) is 0 Å².